The van der Waals surface area contributed by atoms with Gasteiger partial charge in [0.1, 0.15) is 6.61 Å². The third kappa shape index (κ3) is 3.79. The molecule has 0 spiro atoms. The summed E-state index contributed by atoms with van der Waals surface area (Å²) in [6.07, 6.45) is -0.620. The van der Waals surface area contributed by atoms with Crippen LogP contribution >= 0.6 is 15.9 Å². The van der Waals surface area contributed by atoms with E-state index >= 15 is 0 Å². The van der Waals surface area contributed by atoms with E-state index < -0.39 is 13.0 Å². The van der Waals surface area contributed by atoms with Crippen molar-refractivity contribution >= 4 is 15.9 Å². The van der Waals surface area contributed by atoms with Crippen LogP contribution in [-0.4, -0.2) is 38.2 Å². The van der Waals surface area contributed by atoms with Gasteiger partial charge in [0, 0.05) is 24.0 Å². The first kappa shape index (κ1) is 12.3. The van der Waals surface area contributed by atoms with E-state index in [9.17, 15) is 8.78 Å². The third-order valence-electron chi connectivity index (χ3n) is 2.49. The molecule has 1 aliphatic heterocycles. The van der Waals surface area contributed by atoms with Crippen LogP contribution < -0.4 is 0 Å². The quantitative estimate of drug-likeness (QED) is 0.716. The van der Waals surface area contributed by atoms with Gasteiger partial charge in [-0.1, -0.05) is 15.9 Å². The monoisotopic (exact) mass is 272 g/mol. The van der Waals surface area contributed by atoms with E-state index in [1.807, 2.05) is 0 Å². The first-order valence-corrected chi connectivity index (χ1v) is 5.80. The minimum atomic E-state index is -2.37. The highest BCUT2D eigenvalue weighted by Gasteiger charge is 2.32. The predicted octanol–water partition coefficient (Wildman–Crippen LogP) is 2.46. The molecule has 0 bridgehead atoms. The molecule has 0 unspecified atom stereocenters. The maximum atomic E-state index is 11.9. The Morgan fingerprint density at radius 2 is 2.00 bits per heavy atom. The molecule has 0 aromatic carbocycles. The van der Waals surface area contributed by atoms with Crippen LogP contribution in [0.25, 0.3) is 0 Å². The molecular weight excluding hydrogens is 258 g/mol. The predicted molar refractivity (Wildman–Crippen MR) is 53.1 cm³/mol. The van der Waals surface area contributed by atoms with Crippen LogP contribution in [0.1, 0.15) is 12.8 Å². The van der Waals surface area contributed by atoms with Crippen molar-refractivity contribution in [3.8, 4) is 0 Å². The SMILES string of the molecule is FC(F)COCC1(CBr)CCOCC1. The highest BCUT2D eigenvalue weighted by molar-refractivity contribution is 9.09. The van der Waals surface area contributed by atoms with Crippen molar-refractivity contribution in [3.63, 3.8) is 0 Å². The van der Waals surface area contributed by atoms with Gasteiger partial charge in [0.15, 0.2) is 0 Å². The van der Waals surface area contributed by atoms with E-state index in [4.69, 9.17) is 9.47 Å². The van der Waals surface area contributed by atoms with Gasteiger partial charge < -0.3 is 9.47 Å². The van der Waals surface area contributed by atoms with E-state index in [-0.39, 0.29) is 5.41 Å². The van der Waals surface area contributed by atoms with E-state index in [1.165, 1.54) is 0 Å². The minimum Gasteiger partial charge on any atom is -0.381 e. The summed E-state index contributed by atoms with van der Waals surface area (Å²) in [4.78, 5) is 0. The molecule has 1 heterocycles. The molecule has 14 heavy (non-hydrogen) atoms. The van der Waals surface area contributed by atoms with Crippen molar-refractivity contribution in [2.75, 3.05) is 31.8 Å². The van der Waals surface area contributed by atoms with Gasteiger partial charge in [0.05, 0.1) is 6.61 Å². The van der Waals surface area contributed by atoms with Crippen molar-refractivity contribution in [1.29, 1.82) is 0 Å². The zero-order valence-corrected chi connectivity index (χ0v) is 9.56. The average Bonchev–Trinajstić information content (AvgIpc) is 2.19. The summed E-state index contributed by atoms with van der Waals surface area (Å²) in [7, 11) is 0. The fourth-order valence-electron chi connectivity index (χ4n) is 1.49. The summed E-state index contributed by atoms with van der Waals surface area (Å²) < 4.78 is 33.9. The largest absolute Gasteiger partial charge is 0.381 e. The lowest BCUT2D eigenvalue weighted by Crippen LogP contribution is -2.36. The second kappa shape index (κ2) is 5.98. The lowest BCUT2D eigenvalue weighted by molar-refractivity contribution is -0.0528. The van der Waals surface area contributed by atoms with Crippen LogP contribution in [0.5, 0.6) is 0 Å². The van der Waals surface area contributed by atoms with Crippen molar-refractivity contribution in [2.45, 2.75) is 19.3 Å². The molecule has 0 saturated carbocycles. The molecule has 0 aromatic rings. The number of halogens is 3. The van der Waals surface area contributed by atoms with Gasteiger partial charge in [-0.15, -0.1) is 0 Å². The van der Waals surface area contributed by atoms with Crippen LogP contribution in [0.4, 0.5) is 8.78 Å². The van der Waals surface area contributed by atoms with Gasteiger partial charge in [0.2, 0.25) is 0 Å². The first-order valence-electron chi connectivity index (χ1n) is 4.68. The fraction of sp³-hybridized carbons (Fsp3) is 1.00. The zero-order valence-electron chi connectivity index (χ0n) is 7.98. The molecule has 0 N–H and O–H groups in total. The topological polar surface area (TPSA) is 18.5 Å². The van der Waals surface area contributed by atoms with E-state index in [0.29, 0.717) is 19.8 Å². The molecular formula is C9H15BrF2O2. The van der Waals surface area contributed by atoms with Crippen molar-refractivity contribution in [3.05, 3.63) is 0 Å². The normalized spacial score (nSPS) is 21.4. The van der Waals surface area contributed by atoms with E-state index in [2.05, 4.69) is 15.9 Å². The molecule has 2 nitrogen and oxygen atoms in total. The summed E-state index contributed by atoms with van der Waals surface area (Å²) in [5, 5.41) is 0.784. The van der Waals surface area contributed by atoms with Crippen LogP contribution in [0.2, 0.25) is 0 Å². The molecule has 0 amide bonds. The van der Waals surface area contributed by atoms with Gasteiger partial charge in [-0.3, -0.25) is 0 Å². The number of hydrogen-bond acceptors (Lipinski definition) is 2. The summed E-state index contributed by atoms with van der Waals surface area (Å²) in [6.45, 7) is 1.33. The van der Waals surface area contributed by atoms with Crippen LogP contribution in [0.15, 0.2) is 0 Å². The second-order valence-corrected chi connectivity index (χ2v) is 4.21. The summed E-state index contributed by atoms with van der Waals surface area (Å²) in [5.74, 6) is 0. The Kier molecular flexibility index (Phi) is 5.26. The Morgan fingerprint density at radius 1 is 1.36 bits per heavy atom. The molecule has 0 aliphatic carbocycles. The number of alkyl halides is 3. The van der Waals surface area contributed by atoms with Crippen molar-refractivity contribution < 1.29 is 18.3 Å². The lowest BCUT2D eigenvalue weighted by atomic mass is 9.83. The van der Waals surface area contributed by atoms with E-state index in [1.54, 1.807) is 0 Å². The lowest BCUT2D eigenvalue weighted by Gasteiger charge is -2.35. The van der Waals surface area contributed by atoms with Gasteiger partial charge in [-0.2, -0.15) is 0 Å². The van der Waals surface area contributed by atoms with Crippen molar-refractivity contribution in [1.82, 2.24) is 0 Å². The standard InChI is InChI=1S/C9H15BrF2O2/c10-6-9(1-3-13-4-2-9)7-14-5-8(11)12/h8H,1-7H2. The molecule has 0 aromatic heterocycles. The molecule has 1 rings (SSSR count). The Labute approximate surface area is 91.1 Å². The minimum absolute atomic E-state index is 0.00681. The molecule has 1 fully saturated rings. The number of ether oxygens (including phenoxy) is 2. The Balaban J connectivity index is 2.29. The average molecular weight is 273 g/mol. The van der Waals surface area contributed by atoms with Crippen LogP contribution in [0, 0.1) is 5.41 Å². The summed E-state index contributed by atoms with van der Waals surface area (Å²) >= 11 is 3.41. The Hall–Kier alpha value is 0.260. The Morgan fingerprint density at radius 3 is 2.50 bits per heavy atom. The second-order valence-electron chi connectivity index (χ2n) is 3.65. The molecule has 0 radical (unpaired) electrons. The fourth-order valence-corrected chi connectivity index (χ4v) is 2.21. The van der Waals surface area contributed by atoms with Gasteiger partial charge >= 0.3 is 0 Å². The van der Waals surface area contributed by atoms with Crippen LogP contribution in [0.3, 0.4) is 0 Å². The Bertz CT molecular complexity index is 161. The number of hydrogen-bond donors (Lipinski definition) is 0. The molecule has 1 aliphatic rings. The highest BCUT2D eigenvalue weighted by atomic mass is 79.9. The third-order valence-corrected chi connectivity index (χ3v) is 3.68. The molecule has 5 heteroatoms. The maximum Gasteiger partial charge on any atom is 0.261 e. The number of rotatable bonds is 5. The van der Waals surface area contributed by atoms with Crippen molar-refractivity contribution in [2.24, 2.45) is 5.41 Å². The maximum absolute atomic E-state index is 11.9. The van der Waals surface area contributed by atoms with Crippen LogP contribution in [-0.2, 0) is 9.47 Å². The highest BCUT2D eigenvalue weighted by Crippen LogP contribution is 2.32. The summed E-state index contributed by atoms with van der Waals surface area (Å²) in [6, 6.07) is 0. The van der Waals surface area contributed by atoms with E-state index in [0.717, 1.165) is 18.2 Å². The molecule has 1 saturated heterocycles. The summed E-state index contributed by atoms with van der Waals surface area (Å²) in [5.41, 5.74) is -0.00681. The first-order chi connectivity index (χ1) is 6.68. The van der Waals surface area contributed by atoms with Gasteiger partial charge in [-0.25, -0.2) is 8.78 Å². The van der Waals surface area contributed by atoms with Gasteiger partial charge in [0.25, 0.3) is 6.43 Å². The molecule has 0 atom stereocenters. The smallest absolute Gasteiger partial charge is 0.261 e. The molecule has 84 valence electrons. The zero-order chi connectivity index (χ0) is 10.4. The van der Waals surface area contributed by atoms with Gasteiger partial charge in [-0.05, 0) is 12.8 Å².